The Kier molecular flexibility index (Phi) is 3.66. The first-order valence-corrected chi connectivity index (χ1v) is 6.09. The third kappa shape index (κ3) is 3.61. The molecule has 5 heteroatoms. The summed E-state index contributed by atoms with van der Waals surface area (Å²) in [6.45, 7) is 6.85. The summed E-state index contributed by atoms with van der Waals surface area (Å²) in [5.41, 5.74) is 1.43. The molecule has 0 atom stereocenters. The predicted molar refractivity (Wildman–Crippen MR) is 70.5 cm³/mol. The molecule has 3 nitrogen and oxygen atoms in total. The Bertz CT molecular complexity index is 570. The summed E-state index contributed by atoms with van der Waals surface area (Å²) >= 11 is 0. The molecule has 1 aromatic carbocycles. The fourth-order valence-corrected chi connectivity index (χ4v) is 1.60. The highest BCUT2D eigenvalue weighted by Gasteiger charge is 2.11. The fourth-order valence-electron chi connectivity index (χ4n) is 1.60. The molecule has 0 aliphatic heterocycles. The van der Waals surface area contributed by atoms with Crippen molar-refractivity contribution in [2.24, 2.45) is 0 Å². The van der Waals surface area contributed by atoms with Crippen molar-refractivity contribution in [1.29, 1.82) is 0 Å². The van der Waals surface area contributed by atoms with Crippen molar-refractivity contribution in [3.05, 3.63) is 41.7 Å². The molecule has 19 heavy (non-hydrogen) atoms. The highest BCUT2D eigenvalue weighted by Crippen LogP contribution is 2.18. The molecule has 0 aliphatic carbocycles. The number of aromatic nitrogens is 2. The fraction of sp³-hybridized carbons (Fsp3) is 0.357. The standard InChI is InChI=1S/C14H17F2N3/c1-14(2,3)18-8-10-7-17-13(19-10)9-4-5-11(15)12(16)6-9/h4-7,18H,8H2,1-3H3,(H,17,19). The smallest absolute Gasteiger partial charge is 0.159 e. The van der Waals surface area contributed by atoms with Gasteiger partial charge in [-0.15, -0.1) is 0 Å². The molecule has 0 saturated carbocycles. The van der Waals surface area contributed by atoms with Crippen molar-refractivity contribution >= 4 is 0 Å². The van der Waals surface area contributed by atoms with E-state index in [0.717, 1.165) is 17.8 Å². The van der Waals surface area contributed by atoms with Crippen LogP contribution < -0.4 is 5.32 Å². The van der Waals surface area contributed by atoms with Gasteiger partial charge < -0.3 is 10.3 Å². The predicted octanol–water partition coefficient (Wildman–Crippen LogP) is 3.24. The molecule has 1 aromatic heterocycles. The van der Waals surface area contributed by atoms with Crippen molar-refractivity contribution < 1.29 is 8.78 Å². The van der Waals surface area contributed by atoms with E-state index < -0.39 is 11.6 Å². The quantitative estimate of drug-likeness (QED) is 0.894. The number of rotatable bonds is 3. The van der Waals surface area contributed by atoms with Crippen molar-refractivity contribution in [2.75, 3.05) is 0 Å². The minimum Gasteiger partial charge on any atom is -0.341 e. The van der Waals surface area contributed by atoms with Crippen LogP contribution in [0.25, 0.3) is 11.4 Å². The van der Waals surface area contributed by atoms with Crippen LogP contribution in [0.3, 0.4) is 0 Å². The molecule has 0 saturated heterocycles. The minimum atomic E-state index is -0.872. The largest absolute Gasteiger partial charge is 0.341 e. The third-order valence-corrected chi connectivity index (χ3v) is 2.63. The summed E-state index contributed by atoms with van der Waals surface area (Å²) < 4.78 is 26.0. The lowest BCUT2D eigenvalue weighted by Crippen LogP contribution is -2.35. The number of H-pyrrole nitrogens is 1. The van der Waals surface area contributed by atoms with Gasteiger partial charge in [-0.1, -0.05) is 0 Å². The van der Waals surface area contributed by atoms with E-state index in [0.29, 0.717) is 17.9 Å². The van der Waals surface area contributed by atoms with Crippen LogP contribution in [0.5, 0.6) is 0 Å². The van der Waals surface area contributed by atoms with Crippen LogP contribution in [0, 0.1) is 11.6 Å². The molecule has 1 heterocycles. The SMILES string of the molecule is CC(C)(C)NCc1cnc(-c2ccc(F)c(F)c2)[nH]1. The second kappa shape index (κ2) is 5.09. The van der Waals surface area contributed by atoms with Gasteiger partial charge >= 0.3 is 0 Å². The third-order valence-electron chi connectivity index (χ3n) is 2.63. The van der Waals surface area contributed by atoms with Crippen LogP contribution in [0.1, 0.15) is 26.5 Å². The number of nitrogens with one attached hydrogen (secondary N) is 2. The van der Waals surface area contributed by atoms with Gasteiger partial charge in [-0.25, -0.2) is 13.8 Å². The number of nitrogens with zero attached hydrogens (tertiary/aromatic N) is 1. The summed E-state index contributed by atoms with van der Waals surface area (Å²) in [7, 11) is 0. The van der Waals surface area contributed by atoms with Gasteiger partial charge in [-0.3, -0.25) is 0 Å². The number of hydrogen-bond acceptors (Lipinski definition) is 2. The van der Waals surface area contributed by atoms with Crippen LogP contribution >= 0.6 is 0 Å². The van der Waals surface area contributed by atoms with Gasteiger partial charge in [0.1, 0.15) is 5.82 Å². The Hall–Kier alpha value is -1.75. The van der Waals surface area contributed by atoms with Gasteiger partial charge in [-0.05, 0) is 39.0 Å². The lowest BCUT2D eigenvalue weighted by atomic mass is 10.1. The lowest BCUT2D eigenvalue weighted by Gasteiger charge is -2.19. The Morgan fingerprint density at radius 3 is 2.58 bits per heavy atom. The summed E-state index contributed by atoms with van der Waals surface area (Å²) in [6.07, 6.45) is 1.69. The maximum Gasteiger partial charge on any atom is 0.159 e. The second-order valence-electron chi connectivity index (χ2n) is 5.49. The van der Waals surface area contributed by atoms with E-state index in [1.807, 2.05) is 0 Å². The molecular weight excluding hydrogens is 248 g/mol. The molecule has 0 bridgehead atoms. The lowest BCUT2D eigenvalue weighted by molar-refractivity contribution is 0.422. The number of halogens is 2. The topological polar surface area (TPSA) is 40.7 Å². The minimum absolute atomic E-state index is 0.00720. The van der Waals surface area contributed by atoms with E-state index in [-0.39, 0.29) is 5.54 Å². The molecule has 0 amide bonds. The van der Waals surface area contributed by atoms with E-state index in [9.17, 15) is 8.78 Å². The van der Waals surface area contributed by atoms with E-state index in [4.69, 9.17) is 0 Å². The molecule has 102 valence electrons. The van der Waals surface area contributed by atoms with Gasteiger partial charge in [0.05, 0.1) is 0 Å². The van der Waals surface area contributed by atoms with Crippen LogP contribution in [0.4, 0.5) is 8.78 Å². The van der Waals surface area contributed by atoms with Crippen molar-refractivity contribution in [3.63, 3.8) is 0 Å². The highest BCUT2D eigenvalue weighted by atomic mass is 19.2. The molecule has 0 spiro atoms. The number of benzene rings is 1. The average Bonchev–Trinajstić information content (AvgIpc) is 2.78. The van der Waals surface area contributed by atoms with Gasteiger partial charge in [0.25, 0.3) is 0 Å². The van der Waals surface area contributed by atoms with E-state index >= 15 is 0 Å². The van der Waals surface area contributed by atoms with Gasteiger partial charge in [0, 0.05) is 29.5 Å². The maximum atomic E-state index is 13.1. The van der Waals surface area contributed by atoms with Crippen molar-refractivity contribution in [1.82, 2.24) is 15.3 Å². The first-order valence-electron chi connectivity index (χ1n) is 6.09. The molecule has 2 N–H and O–H groups in total. The second-order valence-corrected chi connectivity index (χ2v) is 5.49. The molecule has 0 fully saturated rings. The Morgan fingerprint density at radius 1 is 1.21 bits per heavy atom. The zero-order valence-corrected chi connectivity index (χ0v) is 11.2. The molecule has 2 aromatic rings. The molecular formula is C14H17F2N3. The summed E-state index contributed by atoms with van der Waals surface area (Å²) in [4.78, 5) is 7.26. The van der Waals surface area contributed by atoms with Gasteiger partial charge in [-0.2, -0.15) is 0 Å². The van der Waals surface area contributed by atoms with Crippen LogP contribution in [0.15, 0.2) is 24.4 Å². The average molecular weight is 265 g/mol. The molecule has 0 aliphatic rings. The van der Waals surface area contributed by atoms with E-state index in [1.165, 1.54) is 6.07 Å². The zero-order chi connectivity index (χ0) is 14.0. The van der Waals surface area contributed by atoms with E-state index in [2.05, 4.69) is 36.1 Å². The summed E-state index contributed by atoms with van der Waals surface area (Å²) in [5.74, 6) is -1.20. The maximum absolute atomic E-state index is 13.1. The highest BCUT2D eigenvalue weighted by molar-refractivity contribution is 5.55. The number of aromatic amines is 1. The van der Waals surface area contributed by atoms with Crippen LogP contribution in [-0.2, 0) is 6.54 Å². The first kappa shape index (κ1) is 13.7. The summed E-state index contributed by atoms with van der Waals surface area (Å²) in [6, 6.07) is 3.73. The monoisotopic (exact) mass is 265 g/mol. The zero-order valence-electron chi connectivity index (χ0n) is 11.2. The number of imidazole rings is 1. The normalized spacial score (nSPS) is 11.8. The van der Waals surface area contributed by atoms with E-state index in [1.54, 1.807) is 6.20 Å². The van der Waals surface area contributed by atoms with Gasteiger partial charge in [0.2, 0.25) is 0 Å². The molecule has 0 unspecified atom stereocenters. The number of hydrogen-bond donors (Lipinski definition) is 2. The van der Waals surface area contributed by atoms with Gasteiger partial charge in [0.15, 0.2) is 11.6 Å². The summed E-state index contributed by atoms with van der Waals surface area (Å²) in [5, 5.41) is 3.32. The Labute approximate surface area is 111 Å². The van der Waals surface area contributed by atoms with Crippen molar-refractivity contribution in [3.8, 4) is 11.4 Å². The molecule has 2 rings (SSSR count). The Morgan fingerprint density at radius 2 is 1.95 bits per heavy atom. The van der Waals surface area contributed by atoms with Crippen LogP contribution in [0.2, 0.25) is 0 Å². The first-order chi connectivity index (χ1) is 8.85. The van der Waals surface area contributed by atoms with Crippen molar-refractivity contribution in [2.45, 2.75) is 32.9 Å². The molecule has 0 radical (unpaired) electrons. The van der Waals surface area contributed by atoms with Crippen LogP contribution in [-0.4, -0.2) is 15.5 Å². The Balaban J connectivity index is 2.14.